The van der Waals surface area contributed by atoms with E-state index in [4.69, 9.17) is 11.6 Å². The molecule has 14 heteroatoms. The number of carbonyl (C=O) groups excluding carboxylic acids is 2. The monoisotopic (exact) mass is 498 g/mol. The van der Waals surface area contributed by atoms with E-state index in [1.54, 1.807) is 0 Å². The van der Waals surface area contributed by atoms with Gasteiger partial charge < -0.3 is 15.0 Å². The van der Waals surface area contributed by atoms with Crippen molar-refractivity contribution in [3.63, 3.8) is 0 Å². The molecule has 2 fully saturated rings. The van der Waals surface area contributed by atoms with Crippen LogP contribution in [-0.2, 0) is 14.3 Å². The van der Waals surface area contributed by atoms with Crippen LogP contribution < -0.4 is 5.32 Å². The molecular weight excluding hydrogens is 482 g/mol. The first-order valence-electron chi connectivity index (χ1n) is 9.91. The van der Waals surface area contributed by atoms with Crippen LogP contribution in [0.3, 0.4) is 0 Å². The molecule has 2 aliphatic rings. The molecule has 1 aromatic heterocycles. The third kappa shape index (κ3) is 4.47. The van der Waals surface area contributed by atoms with Gasteiger partial charge in [0.2, 0.25) is 0 Å². The molecule has 0 saturated carbocycles. The van der Waals surface area contributed by atoms with E-state index in [0.717, 1.165) is 4.68 Å². The summed E-state index contributed by atoms with van der Waals surface area (Å²) in [6.45, 7) is 0.622. The van der Waals surface area contributed by atoms with Gasteiger partial charge in [0.05, 0.1) is 11.2 Å². The summed E-state index contributed by atoms with van der Waals surface area (Å²) in [5.41, 5.74) is 0.471. The van der Waals surface area contributed by atoms with Crippen LogP contribution in [-0.4, -0.2) is 64.6 Å². The van der Waals surface area contributed by atoms with Gasteiger partial charge in [-0.2, -0.15) is 31.4 Å². The van der Waals surface area contributed by atoms with Gasteiger partial charge in [0.1, 0.15) is 6.04 Å². The fourth-order valence-corrected chi connectivity index (χ4v) is 4.16. The van der Waals surface area contributed by atoms with Crippen LogP contribution in [0, 0.1) is 0 Å². The lowest BCUT2D eigenvalue weighted by Crippen LogP contribution is -2.48. The van der Waals surface area contributed by atoms with Crippen LogP contribution in [0.1, 0.15) is 30.7 Å². The van der Waals surface area contributed by atoms with Gasteiger partial charge in [-0.15, -0.1) is 0 Å². The maximum atomic E-state index is 13.4. The van der Waals surface area contributed by atoms with Crippen molar-refractivity contribution in [2.75, 3.05) is 19.6 Å². The number of alkyl halides is 6. The zero-order valence-corrected chi connectivity index (χ0v) is 17.5. The highest BCUT2D eigenvalue weighted by Gasteiger charge is 2.51. The van der Waals surface area contributed by atoms with E-state index in [1.165, 1.54) is 18.2 Å². The lowest BCUT2D eigenvalue weighted by atomic mass is 9.97. The zero-order valence-electron chi connectivity index (χ0n) is 16.7. The van der Waals surface area contributed by atoms with Gasteiger partial charge in [0.15, 0.2) is 0 Å². The number of benzene rings is 1. The quantitative estimate of drug-likeness (QED) is 0.515. The van der Waals surface area contributed by atoms with Crippen molar-refractivity contribution in [3.8, 4) is 0 Å². The Hall–Kier alpha value is -2.54. The molecule has 2 aromatic rings. The molecule has 2 saturated heterocycles. The van der Waals surface area contributed by atoms with Crippen molar-refractivity contribution >= 4 is 34.4 Å². The summed E-state index contributed by atoms with van der Waals surface area (Å²) >= 11 is 6.04. The van der Waals surface area contributed by atoms with Gasteiger partial charge in [-0.3, -0.25) is 4.79 Å². The van der Waals surface area contributed by atoms with Crippen LogP contribution in [0.4, 0.5) is 26.3 Å². The van der Waals surface area contributed by atoms with Crippen LogP contribution in [0.25, 0.3) is 10.9 Å². The normalized spacial score (nSPS) is 20.7. The summed E-state index contributed by atoms with van der Waals surface area (Å²) < 4.78 is 84.3. The summed E-state index contributed by atoms with van der Waals surface area (Å²) in [5, 5.41) is 7.89. The highest BCUT2D eigenvalue weighted by molar-refractivity contribution is 6.31. The zero-order chi connectivity index (χ0) is 24.1. The number of hydrogen-bond donors (Lipinski definition) is 1. The van der Waals surface area contributed by atoms with Crippen molar-refractivity contribution < 1.29 is 40.7 Å². The number of amides is 1. The van der Waals surface area contributed by atoms with Gasteiger partial charge in [-0.1, -0.05) is 11.6 Å². The van der Waals surface area contributed by atoms with Gasteiger partial charge in [-0.25, -0.2) is 9.48 Å². The van der Waals surface area contributed by atoms with Gasteiger partial charge in [0.25, 0.3) is 12.1 Å². The molecule has 1 aromatic carbocycles. The number of likely N-dealkylation sites (tertiary alicyclic amines) is 1. The van der Waals surface area contributed by atoms with Crippen molar-refractivity contribution in [3.05, 3.63) is 28.9 Å². The van der Waals surface area contributed by atoms with E-state index in [1.807, 2.05) is 0 Å². The Morgan fingerprint density at radius 1 is 1.18 bits per heavy atom. The van der Waals surface area contributed by atoms with Crippen molar-refractivity contribution in [2.45, 2.75) is 43.4 Å². The highest BCUT2D eigenvalue weighted by atomic mass is 35.5. The van der Waals surface area contributed by atoms with Crippen LogP contribution in [0.2, 0.25) is 5.02 Å². The number of ether oxygens (including phenoxy) is 1. The number of hydrogen-bond acceptors (Lipinski definition) is 5. The Morgan fingerprint density at radius 3 is 2.45 bits per heavy atom. The molecule has 1 amide bonds. The van der Waals surface area contributed by atoms with Gasteiger partial charge in [0, 0.05) is 36.0 Å². The number of carbonyl (C=O) groups is 2. The Labute approximate surface area is 187 Å². The fraction of sp³-hybridized carbons (Fsp3) is 0.526. The molecular formula is C19H17ClF6N4O3. The first kappa shape index (κ1) is 23.6. The third-order valence-corrected chi connectivity index (χ3v) is 5.90. The largest absolute Gasteiger partial charge is 0.491 e. The summed E-state index contributed by atoms with van der Waals surface area (Å²) in [4.78, 5) is 25.1. The molecule has 1 N–H and O–H groups in total. The minimum atomic E-state index is -5.47. The Balaban J connectivity index is 1.81. The fourth-order valence-electron chi connectivity index (χ4n) is 3.99. The summed E-state index contributed by atoms with van der Waals surface area (Å²) in [6, 6.07) is 2.01. The molecule has 7 nitrogen and oxygen atoms in total. The number of nitrogens with one attached hydrogen (secondary N) is 1. The summed E-state index contributed by atoms with van der Waals surface area (Å²) in [5.74, 6) is -4.32. The van der Waals surface area contributed by atoms with Crippen LogP contribution >= 0.6 is 11.6 Å². The maximum absolute atomic E-state index is 13.4. The van der Waals surface area contributed by atoms with E-state index < -0.39 is 42.9 Å². The van der Waals surface area contributed by atoms with Gasteiger partial charge >= 0.3 is 18.3 Å². The molecule has 2 aliphatic heterocycles. The average Bonchev–Trinajstić information content (AvgIpc) is 3.29. The SMILES string of the molecule is O=C(C(OC(=O)C(F)(F)F)n1nc(C2CNC2)c2cc(Cl)ccc21)N1CCC[C@H]1C(F)(F)F. The number of esters is 1. The Kier molecular flexibility index (Phi) is 5.97. The number of halogens is 7. The lowest BCUT2D eigenvalue weighted by Gasteiger charge is -2.30. The van der Waals surface area contributed by atoms with Crippen molar-refractivity contribution in [1.29, 1.82) is 0 Å². The second kappa shape index (κ2) is 8.35. The van der Waals surface area contributed by atoms with Crippen LogP contribution in [0.15, 0.2) is 18.2 Å². The number of rotatable bonds is 4. The minimum Gasteiger partial charge on any atom is -0.423 e. The number of nitrogens with zero attached hydrogens (tertiary/aromatic N) is 3. The molecule has 1 unspecified atom stereocenters. The number of aromatic nitrogens is 2. The predicted molar refractivity (Wildman–Crippen MR) is 102 cm³/mol. The third-order valence-electron chi connectivity index (χ3n) is 5.66. The standard InChI is InChI=1S/C19H17ClF6N4O3/c20-10-3-4-12-11(6-10)14(9-7-27-8-9)28-30(12)16(33-17(32)19(24,25)26)15(31)29-5-1-2-13(29)18(21,22)23/h3-4,6,9,13,16,27H,1-2,5,7-8H2/t13-,16?/m0/s1. The molecule has 4 rings (SSSR count). The van der Waals surface area contributed by atoms with Crippen molar-refractivity contribution in [2.24, 2.45) is 0 Å². The molecule has 3 heterocycles. The minimum absolute atomic E-state index is 0.00961. The van der Waals surface area contributed by atoms with E-state index in [9.17, 15) is 35.9 Å². The summed E-state index contributed by atoms with van der Waals surface area (Å²) in [6.07, 6.45) is -13.1. The topological polar surface area (TPSA) is 76.5 Å². The molecule has 0 bridgehead atoms. The highest BCUT2D eigenvalue weighted by Crippen LogP contribution is 2.37. The summed E-state index contributed by atoms with van der Waals surface area (Å²) in [7, 11) is 0. The van der Waals surface area contributed by atoms with E-state index in [2.05, 4.69) is 15.2 Å². The predicted octanol–water partition coefficient (Wildman–Crippen LogP) is 3.53. The maximum Gasteiger partial charge on any atom is 0.491 e. The van der Waals surface area contributed by atoms with E-state index in [-0.39, 0.29) is 29.4 Å². The smallest absolute Gasteiger partial charge is 0.423 e. The molecule has 0 aliphatic carbocycles. The average molecular weight is 499 g/mol. The second-order valence-corrected chi connectivity index (χ2v) is 8.27. The van der Waals surface area contributed by atoms with Crippen molar-refractivity contribution in [1.82, 2.24) is 20.0 Å². The van der Waals surface area contributed by atoms with E-state index >= 15 is 0 Å². The molecule has 0 radical (unpaired) electrons. The molecule has 0 spiro atoms. The second-order valence-electron chi connectivity index (χ2n) is 7.83. The molecule has 180 valence electrons. The Bertz CT molecular complexity index is 1080. The van der Waals surface area contributed by atoms with Crippen LogP contribution in [0.5, 0.6) is 0 Å². The number of fused-ring (bicyclic) bond motifs is 1. The first-order valence-corrected chi connectivity index (χ1v) is 10.3. The Morgan fingerprint density at radius 2 is 1.88 bits per heavy atom. The first-order chi connectivity index (χ1) is 15.4. The van der Waals surface area contributed by atoms with E-state index in [0.29, 0.717) is 29.1 Å². The molecule has 33 heavy (non-hydrogen) atoms. The molecule has 2 atom stereocenters. The lowest BCUT2D eigenvalue weighted by molar-refractivity contribution is -0.214. The van der Waals surface area contributed by atoms with Gasteiger partial charge in [-0.05, 0) is 31.0 Å².